The predicted molar refractivity (Wildman–Crippen MR) is 136 cm³/mol. The first-order valence-corrected chi connectivity index (χ1v) is 11.1. The number of methoxy groups -OCH3 is 1. The molecule has 0 saturated heterocycles. The van der Waals surface area contributed by atoms with Crippen LogP contribution in [0.4, 0.5) is 0 Å². The van der Waals surface area contributed by atoms with E-state index in [4.69, 9.17) is 37.4 Å². The van der Waals surface area contributed by atoms with Crippen LogP contribution in [0, 0.1) is 0 Å². The van der Waals surface area contributed by atoms with Crippen LogP contribution < -0.4 is 19.6 Å². The molecule has 0 fully saturated rings. The number of nitrogens with one attached hydrogen (secondary N) is 1. The van der Waals surface area contributed by atoms with Gasteiger partial charge in [0, 0.05) is 5.02 Å². The molecule has 0 aromatic heterocycles. The van der Waals surface area contributed by atoms with Crippen LogP contribution in [0.25, 0.3) is 0 Å². The molecule has 0 atom stereocenters. The standard InChI is InChI=1S/C26H22Cl2N2O5/c1-3-5-17-8-11-23(24(13-17)33-2)34-16-25(31)30-29-15-18-6-4-7-20(12-18)35-26(32)21-10-9-19(27)14-22(21)28/h3-4,6-15H,1,5,16H2,2H3,(H,30,31). The zero-order chi connectivity index (χ0) is 25.2. The number of hydrogen-bond donors (Lipinski definition) is 1. The molecule has 0 unspecified atom stereocenters. The van der Waals surface area contributed by atoms with Crippen molar-refractivity contribution in [2.45, 2.75) is 6.42 Å². The van der Waals surface area contributed by atoms with E-state index in [0.717, 1.165) is 5.56 Å². The van der Waals surface area contributed by atoms with Gasteiger partial charge >= 0.3 is 5.97 Å². The third-order valence-electron chi connectivity index (χ3n) is 4.59. The number of benzene rings is 3. The third kappa shape index (κ3) is 7.60. The fraction of sp³-hybridized carbons (Fsp3) is 0.115. The molecule has 0 aliphatic carbocycles. The van der Waals surface area contributed by atoms with E-state index < -0.39 is 11.9 Å². The lowest BCUT2D eigenvalue weighted by Crippen LogP contribution is -2.24. The number of carbonyl (C=O) groups excluding carboxylic acids is 2. The Morgan fingerprint density at radius 3 is 2.63 bits per heavy atom. The van der Waals surface area contributed by atoms with Crippen LogP contribution in [0.1, 0.15) is 21.5 Å². The van der Waals surface area contributed by atoms with Gasteiger partial charge < -0.3 is 14.2 Å². The SMILES string of the molecule is C=CCc1ccc(OCC(=O)NN=Cc2cccc(OC(=O)c3ccc(Cl)cc3Cl)c2)c(OC)c1. The normalized spacial score (nSPS) is 10.6. The van der Waals surface area contributed by atoms with Crippen molar-refractivity contribution in [3.63, 3.8) is 0 Å². The molecule has 35 heavy (non-hydrogen) atoms. The van der Waals surface area contributed by atoms with Crippen molar-refractivity contribution in [1.82, 2.24) is 5.43 Å². The van der Waals surface area contributed by atoms with Gasteiger partial charge in [0.2, 0.25) is 0 Å². The minimum absolute atomic E-state index is 0.189. The molecule has 0 aliphatic rings. The smallest absolute Gasteiger partial charge is 0.345 e. The Labute approximate surface area is 212 Å². The average molecular weight is 513 g/mol. The number of hydrogen-bond acceptors (Lipinski definition) is 6. The Bertz CT molecular complexity index is 1260. The van der Waals surface area contributed by atoms with Gasteiger partial charge in [-0.05, 0) is 60.0 Å². The fourth-order valence-electron chi connectivity index (χ4n) is 2.95. The zero-order valence-electron chi connectivity index (χ0n) is 18.8. The Morgan fingerprint density at radius 1 is 1.06 bits per heavy atom. The van der Waals surface area contributed by atoms with Gasteiger partial charge in [0.15, 0.2) is 18.1 Å². The molecule has 1 amide bonds. The van der Waals surface area contributed by atoms with E-state index >= 15 is 0 Å². The predicted octanol–water partition coefficient (Wildman–Crippen LogP) is 5.48. The first-order valence-electron chi connectivity index (χ1n) is 10.4. The van der Waals surface area contributed by atoms with Gasteiger partial charge in [-0.1, -0.05) is 47.5 Å². The van der Waals surface area contributed by atoms with Crippen LogP contribution in [0.15, 0.2) is 78.4 Å². The Kier molecular flexibility index (Phi) is 9.29. The van der Waals surface area contributed by atoms with Gasteiger partial charge in [-0.25, -0.2) is 10.2 Å². The second kappa shape index (κ2) is 12.6. The second-order valence-electron chi connectivity index (χ2n) is 7.15. The monoisotopic (exact) mass is 512 g/mol. The number of amides is 1. The van der Waals surface area contributed by atoms with Gasteiger partial charge in [-0.3, -0.25) is 4.79 Å². The zero-order valence-corrected chi connectivity index (χ0v) is 20.3. The fourth-order valence-corrected chi connectivity index (χ4v) is 3.44. The van der Waals surface area contributed by atoms with Gasteiger partial charge in [-0.2, -0.15) is 5.10 Å². The lowest BCUT2D eigenvalue weighted by Gasteiger charge is -2.11. The van der Waals surface area contributed by atoms with E-state index in [1.54, 1.807) is 42.5 Å². The van der Waals surface area contributed by atoms with Crippen molar-refractivity contribution < 1.29 is 23.8 Å². The van der Waals surface area contributed by atoms with E-state index in [-0.39, 0.29) is 22.9 Å². The topological polar surface area (TPSA) is 86.2 Å². The Balaban J connectivity index is 1.54. The quantitative estimate of drug-likeness (QED) is 0.128. The molecule has 0 heterocycles. The van der Waals surface area contributed by atoms with Crippen LogP contribution in [0.2, 0.25) is 10.0 Å². The minimum atomic E-state index is -0.626. The molecule has 3 rings (SSSR count). The van der Waals surface area contributed by atoms with Crippen molar-refractivity contribution in [2.75, 3.05) is 13.7 Å². The maximum absolute atomic E-state index is 12.4. The van der Waals surface area contributed by atoms with Crippen molar-refractivity contribution in [2.24, 2.45) is 5.10 Å². The summed E-state index contributed by atoms with van der Waals surface area (Å²) in [7, 11) is 1.53. The Morgan fingerprint density at radius 2 is 1.89 bits per heavy atom. The number of rotatable bonds is 10. The molecule has 0 bridgehead atoms. The summed E-state index contributed by atoms with van der Waals surface area (Å²) >= 11 is 11.9. The second-order valence-corrected chi connectivity index (χ2v) is 7.99. The van der Waals surface area contributed by atoms with Crippen molar-refractivity contribution >= 4 is 41.3 Å². The van der Waals surface area contributed by atoms with Crippen LogP contribution in [-0.4, -0.2) is 31.8 Å². The summed E-state index contributed by atoms with van der Waals surface area (Å²) in [5, 5.41) is 4.52. The minimum Gasteiger partial charge on any atom is -0.493 e. The molecule has 180 valence electrons. The number of carbonyl (C=O) groups is 2. The number of esters is 1. The van der Waals surface area contributed by atoms with Crippen LogP contribution in [0.5, 0.6) is 17.2 Å². The molecule has 9 heteroatoms. The van der Waals surface area contributed by atoms with Crippen LogP contribution >= 0.6 is 23.2 Å². The molecule has 3 aromatic carbocycles. The molecule has 0 radical (unpaired) electrons. The summed E-state index contributed by atoms with van der Waals surface area (Å²) < 4.78 is 16.2. The summed E-state index contributed by atoms with van der Waals surface area (Å²) in [5.41, 5.74) is 4.18. The molecule has 0 aliphatic heterocycles. The van der Waals surface area contributed by atoms with E-state index in [1.807, 2.05) is 12.1 Å². The summed E-state index contributed by atoms with van der Waals surface area (Å²) in [6.45, 7) is 3.45. The first-order chi connectivity index (χ1) is 16.9. The number of hydrazone groups is 1. The van der Waals surface area contributed by atoms with Crippen molar-refractivity contribution in [3.05, 3.63) is 100 Å². The number of ether oxygens (including phenoxy) is 3. The van der Waals surface area contributed by atoms with Crippen LogP contribution in [0.3, 0.4) is 0 Å². The first kappa shape index (κ1) is 25.8. The maximum Gasteiger partial charge on any atom is 0.345 e. The molecular formula is C26H22Cl2N2O5. The van der Waals surface area contributed by atoms with Gasteiger partial charge in [-0.15, -0.1) is 6.58 Å². The van der Waals surface area contributed by atoms with Crippen molar-refractivity contribution in [3.8, 4) is 17.2 Å². The lowest BCUT2D eigenvalue weighted by molar-refractivity contribution is -0.123. The molecule has 0 spiro atoms. The van der Waals surface area contributed by atoms with E-state index in [2.05, 4.69) is 17.1 Å². The lowest BCUT2D eigenvalue weighted by atomic mass is 10.1. The number of allylic oxidation sites excluding steroid dienone is 1. The molecule has 0 saturated carbocycles. The number of nitrogens with zero attached hydrogens (tertiary/aromatic N) is 1. The molecular weight excluding hydrogens is 491 g/mol. The summed E-state index contributed by atoms with van der Waals surface area (Å²) in [6, 6.07) is 16.5. The summed E-state index contributed by atoms with van der Waals surface area (Å²) in [4.78, 5) is 24.5. The Hall–Kier alpha value is -3.81. The number of halogens is 2. The van der Waals surface area contributed by atoms with E-state index in [9.17, 15) is 9.59 Å². The van der Waals surface area contributed by atoms with Gasteiger partial charge in [0.05, 0.1) is 23.9 Å². The van der Waals surface area contributed by atoms with Crippen LogP contribution in [-0.2, 0) is 11.2 Å². The summed E-state index contributed by atoms with van der Waals surface area (Å²) in [6.07, 6.45) is 3.89. The maximum atomic E-state index is 12.4. The van der Waals surface area contributed by atoms with Gasteiger partial charge in [0.1, 0.15) is 5.75 Å². The summed E-state index contributed by atoms with van der Waals surface area (Å²) in [5.74, 6) is 0.158. The highest BCUT2D eigenvalue weighted by molar-refractivity contribution is 6.36. The van der Waals surface area contributed by atoms with E-state index in [0.29, 0.717) is 28.5 Å². The average Bonchev–Trinajstić information content (AvgIpc) is 2.83. The largest absolute Gasteiger partial charge is 0.493 e. The molecule has 7 nitrogen and oxygen atoms in total. The van der Waals surface area contributed by atoms with E-state index in [1.165, 1.54) is 25.5 Å². The molecule has 3 aromatic rings. The highest BCUT2D eigenvalue weighted by atomic mass is 35.5. The third-order valence-corrected chi connectivity index (χ3v) is 5.14. The highest BCUT2D eigenvalue weighted by Gasteiger charge is 2.13. The highest BCUT2D eigenvalue weighted by Crippen LogP contribution is 2.28. The molecule has 1 N–H and O–H groups in total. The van der Waals surface area contributed by atoms with Gasteiger partial charge in [0.25, 0.3) is 5.91 Å². The van der Waals surface area contributed by atoms with Crippen molar-refractivity contribution in [1.29, 1.82) is 0 Å².